The molecule has 1 aliphatic heterocycles. The molecule has 33 heavy (non-hydrogen) atoms. The van der Waals surface area contributed by atoms with Crippen LogP contribution in [0.25, 0.3) is 0 Å². The second kappa shape index (κ2) is 9.85. The van der Waals surface area contributed by atoms with Crippen LogP contribution < -0.4 is 10.2 Å². The molecule has 9 heteroatoms. The SMILES string of the molecule is CC1CCN(c2nnc(SCC(=O)NC(c3ccc(F)cc3)c3cccs3)n2C2CC2)CC1. The first-order valence-electron chi connectivity index (χ1n) is 11.5. The highest BCUT2D eigenvalue weighted by Gasteiger charge is 2.32. The van der Waals surface area contributed by atoms with Gasteiger partial charge in [0.05, 0.1) is 11.8 Å². The van der Waals surface area contributed by atoms with Gasteiger partial charge in [0, 0.05) is 24.0 Å². The highest BCUT2D eigenvalue weighted by atomic mass is 32.2. The van der Waals surface area contributed by atoms with Gasteiger partial charge < -0.3 is 10.2 Å². The fourth-order valence-electron chi connectivity index (χ4n) is 4.21. The summed E-state index contributed by atoms with van der Waals surface area (Å²) in [7, 11) is 0. The second-order valence-electron chi connectivity index (χ2n) is 8.91. The molecule has 174 valence electrons. The van der Waals surface area contributed by atoms with Crippen molar-refractivity contribution in [1.29, 1.82) is 0 Å². The predicted molar refractivity (Wildman–Crippen MR) is 130 cm³/mol. The van der Waals surface area contributed by atoms with Gasteiger partial charge >= 0.3 is 0 Å². The Kier molecular flexibility index (Phi) is 6.69. The van der Waals surface area contributed by atoms with Gasteiger partial charge in [-0.15, -0.1) is 21.5 Å². The zero-order valence-corrected chi connectivity index (χ0v) is 20.2. The van der Waals surface area contributed by atoms with Crippen molar-refractivity contribution in [2.24, 2.45) is 5.92 Å². The lowest BCUT2D eigenvalue weighted by Gasteiger charge is -2.31. The number of thiophene rings is 1. The summed E-state index contributed by atoms with van der Waals surface area (Å²) < 4.78 is 15.7. The fourth-order valence-corrected chi connectivity index (χ4v) is 5.82. The van der Waals surface area contributed by atoms with E-state index >= 15 is 0 Å². The van der Waals surface area contributed by atoms with Gasteiger partial charge in [0.25, 0.3) is 0 Å². The molecule has 1 aliphatic carbocycles. The Labute approximate surface area is 201 Å². The van der Waals surface area contributed by atoms with E-state index in [1.165, 1.54) is 36.7 Å². The highest BCUT2D eigenvalue weighted by Crippen LogP contribution is 2.41. The van der Waals surface area contributed by atoms with E-state index in [-0.39, 0.29) is 23.5 Å². The lowest BCUT2D eigenvalue weighted by atomic mass is 10.00. The van der Waals surface area contributed by atoms with Crippen LogP contribution in [0.2, 0.25) is 0 Å². The van der Waals surface area contributed by atoms with Crippen LogP contribution in [0.1, 0.15) is 55.1 Å². The zero-order chi connectivity index (χ0) is 22.8. The molecule has 1 saturated heterocycles. The lowest BCUT2D eigenvalue weighted by molar-refractivity contribution is -0.119. The Balaban J connectivity index is 1.27. The van der Waals surface area contributed by atoms with Crippen molar-refractivity contribution in [2.45, 2.75) is 49.8 Å². The number of hydrogen-bond donors (Lipinski definition) is 1. The van der Waals surface area contributed by atoms with Crippen LogP contribution in [0.15, 0.2) is 46.9 Å². The number of anilines is 1. The third-order valence-corrected chi connectivity index (χ3v) is 8.17. The maximum absolute atomic E-state index is 13.4. The molecule has 0 spiro atoms. The summed E-state index contributed by atoms with van der Waals surface area (Å²) in [5, 5.41) is 14.9. The van der Waals surface area contributed by atoms with Gasteiger partial charge in [-0.25, -0.2) is 4.39 Å². The number of piperidine rings is 1. The number of nitrogens with zero attached hydrogens (tertiary/aromatic N) is 4. The molecule has 5 rings (SSSR count). The number of carbonyl (C=O) groups excluding carboxylic acids is 1. The zero-order valence-electron chi connectivity index (χ0n) is 18.6. The number of carbonyl (C=O) groups is 1. The lowest BCUT2D eigenvalue weighted by Crippen LogP contribution is -2.34. The monoisotopic (exact) mass is 485 g/mol. The van der Waals surface area contributed by atoms with E-state index < -0.39 is 0 Å². The van der Waals surface area contributed by atoms with Gasteiger partial charge in [-0.2, -0.15) is 0 Å². The van der Waals surface area contributed by atoms with Crippen LogP contribution in [-0.4, -0.2) is 39.5 Å². The van der Waals surface area contributed by atoms with Gasteiger partial charge in [-0.1, -0.05) is 36.9 Å². The largest absolute Gasteiger partial charge is 0.344 e. The summed E-state index contributed by atoms with van der Waals surface area (Å²) in [6, 6.07) is 10.4. The summed E-state index contributed by atoms with van der Waals surface area (Å²) in [6.07, 6.45) is 4.63. The standard InChI is InChI=1S/C24H28FN5OS2/c1-16-10-12-29(13-11-16)23-27-28-24(30(23)19-8-9-19)33-15-21(31)26-22(20-3-2-14-32-20)17-4-6-18(25)7-5-17/h2-7,14,16,19,22H,8-13,15H2,1H3,(H,26,31). The molecular weight excluding hydrogens is 457 g/mol. The Morgan fingerprint density at radius 1 is 1.18 bits per heavy atom. The molecule has 0 bridgehead atoms. The van der Waals surface area contributed by atoms with E-state index in [2.05, 4.69) is 31.9 Å². The Morgan fingerprint density at radius 2 is 1.94 bits per heavy atom. The highest BCUT2D eigenvalue weighted by molar-refractivity contribution is 7.99. The first-order valence-corrected chi connectivity index (χ1v) is 13.4. The van der Waals surface area contributed by atoms with Crippen LogP contribution in [0.4, 0.5) is 10.3 Å². The summed E-state index contributed by atoms with van der Waals surface area (Å²) in [5.74, 6) is 1.60. The van der Waals surface area contributed by atoms with Crippen molar-refractivity contribution >= 4 is 35.0 Å². The number of hydrogen-bond acceptors (Lipinski definition) is 6. The molecule has 3 aromatic rings. The van der Waals surface area contributed by atoms with E-state index in [4.69, 9.17) is 0 Å². The maximum Gasteiger partial charge on any atom is 0.231 e. The molecule has 2 aromatic heterocycles. The third kappa shape index (κ3) is 5.24. The number of rotatable bonds is 8. The summed E-state index contributed by atoms with van der Waals surface area (Å²) in [4.78, 5) is 16.3. The molecule has 1 aromatic carbocycles. The number of nitrogens with one attached hydrogen (secondary N) is 1. The molecule has 1 atom stereocenters. The van der Waals surface area contributed by atoms with Crippen molar-refractivity contribution in [3.05, 3.63) is 58.0 Å². The third-order valence-electron chi connectivity index (χ3n) is 6.29. The average Bonchev–Trinajstić information content (AvgIpc) is 3.33. The molecule has 1 saturated carbocycles. The molecule has 3 heterocycles. The van der Waals surface area contributed by atoms with E-state index in [0.29, 0.717) is 6.04 Å². The molecule has 1 amide bonds. The maximum atomic E-state index is 13.4. The first-order chi connectivity index (χ1) is 16.1. The second-order valence-corrected chi connectivity index (χ2v) is 10.8. The minimum atomic E-state index is -0.300. The summed E-state index contributed by atoms with van der Waals surface area (Å²) in [6.45, 7) is 4.33. The molecule has 1 unspecified atom stereocenters. The van der Waals surface area contributed by atoms with Crippen molar-refractivity contribution in [3.8, 4) is 0 Å². The Morgan fingerprint density at radius 3 is 2.61 bits per heavy atom. The number of benzene rings is 1. The minimum absolute atomic E-state index is 0.0820. The van der Waals surface area contributed by atoms with E-state index in [0.717, 1.165) is 53.4 Å². The molecular formula is C24H28FN5OS2. The molecule has 2 aliphatic rings. The summed E-state index contributed by atoms with van der Waals surface area (Å²) >= 11 is 3.01. The minimum Gasteiger partial charge on any atom is -0.344 e. The molecule has 0 radical (unpaired) electrons. The van der Waals surface area contributed by atoms with Gasteiger partial charge in [0.2, 0.25) is 11.9 Å². The van der Waals surface area contributed by atoms with Crippen molar-refractivity contribution in [1.82, 2.24) is 20.1 Å². The van der Waals surface area contributed by atoms with Gasteiger partial charge in [0.1, 0.15) is 5.82 Å². The van der Waals surface area contributed by atoms with Crippen LogP contribution >= 0.6 is 23.1 Å². The normalized spacial score (nSPS) is 17.8. The Hall–Kier alpha value is -2.39. The van der Waals surface area contributed by atoms with Crippen molar-refractivity contribution in [3.63, 3.8) is 0 Å². The number of aromatic nitrogens is 3. The number of thioether (sulfide) groups is 1. The van der Waals surface area contributed by atoms with Crippen LogP contribution in [0.5, 0.6) is 0 Å². The first kappa shape index (κ1) is 22.4. The number of amides is 1. The number of halogens is 1. The molecule has 1 N–H and O–H groups in total. The van der Waals surface area contributed by atoms with Gasteiger partial charge in [-0.3, -0.25) is 9.36 Å². The van der Waals surface area contributed by atoms with Crippen LogP contribution in [0, 0.1) is 11.7 Å². The Bertz CT molecular complexity index is 1070. The summed E-state index contributed by atoms with van der Waals surface area (Å²) in [5.41, 5.74) is 0.861. The molecule has 6 nitrogen and oxygen atoms in total. The predicted octanol–water partition coefficient (Wildman–Crippen LogP) is 5.05. The van der Waals surface area contributed by atoms with Gasteiger partial charge in [0.15, 0.2) is 5.16 Å². The van der Waals surface area contributed by atoms with Crippen LogP contribution in [-0.2, 0) is 4.79 Å². The smallest absolute Gasteiger partial charge is 0.231 e. The topological polar surface area (TPSA) is 63.1 Å². The van der Waals surface area contributed by atoms with E-state index in [1.807, 2.05) is 17.5 Å². The fraction of sp³-hybridized carbons (Fsp3) is 0.458. The molecule has 2 fully saturated rings. The van der Waals surface area contributed by atoms with Crippen molar-refractivity contribution < 1.29 is 9.18 Å². The van der Waals surface area contributed by atoms with Crippen LogP contribution in [0.3, 0.4) is 0 Å². The van der Waals surface area contributed by atoms with Crippen molar-refractivity contribution in [2.75, 3.05) is 23.7 Å². The average molecular weight is 486 g/mol. The quantitative estimate of drug-likeness (QED) is 0.453. The van der Waals surface area contributed by atoms with Gasteiger partial charge in [-0.05, 0) is 60.7 Å². The van der Waals surface area contributed by atoms with E-state index in [1.54, 1.807) is 23.5 Å². The van der Waals surface area contributed by atoms with E-state index in [9.17, 15) is 9.18 Å².